The van der Waals surface area contributed by atoms with E-state index in [0.29, 0.717) is 0 Å². The van der Waals surface area contributed by atoms with Gasteiger partial charge in [0, 0.05) is 17.7 Å². The molecular weight excluding hydrogens is 240 g/mol. The predicted molar refractivity (Wildman–Crippen MR) is 74.7 cm³/mol. The summed E-state index contributed by atoms with van der Waals surface area (Å²) in [5, 5.41) is 3.33. The molecule has 3 N–H and O–H groups in total. The molecule has 0 unspecified atom stereocenters. The maximum absolute atomic E-state index is 11.4. The molecule has 1 aliphatic carbocycles. The number of aromatic nitrogens is 2. The Balaban J connectivity index is 2.13. The minimum Gasteiger partial charge on any atom is -0.369 e. The topological polar surface area (TPSA) is 80.9 Å². The van der Waals surface area contributed by atoms with Gasteiger partial charge in [0.15, 0.2) is 0 Å². The van der Waals surface area contributed by atoms with E-state index in [4.69, 9.17) is 5.73 Å². The number of nitrogens with one attached hydrogen (secondary N) is 1. The highest BCUT2D eigenvalue weighted by Gasteiger charge is 2.31. The first-order chi connectivity index (χ1) is 8.88. The van der Waals surface area contributed by atoms with E-state index in [9.17, 15) is 4.79 Å². The molecule has 104 valence electrons. The lowest BCUT2D eigenvalue weighted by molar-refractivity contribution is -0.121. The summed E-state index contributed by atoms with van der Waals surface area (Å²) in [4.78, 5) is 20.2. The Morgan fingerprint density at radius 1 is 1.42 bits per heavy atom. The summed E-state index contributed by atoms with van der Waals surface area (Å²) in [6.07, 6.45) is 4.61. The average molecular weight is 262 g/mol. The fourth-order valence-electron chi connectivity index (χ4n) is 2.46. The summed E-state index contributed by atoms with van der Waals surface area (Å²) in [5.74, 6) is 1.26. The van der Waals surface area contributed by atoms with Crippen LogP contribution in [0.2, 0.25) is 0 Å². The number of carbonyl (C=O) groups excluding carboxylic acids is 1. The van der Waals surface area contributed by atoms with Crippen LogP contribution in [-0.2, 0) is 10.2 Å². The predicted octanol–water partition coefficient (Wildman–Crippen LogP) is 1.84. The van der Waals surface area contributed by atoms with E-state index in [2.05, 4.69) is 36.1 Å². The van der Waals surface area contributed by atoms with E-state index >= 15 is 0 Å². The summed E-state index contributed by atoms with van der Waals surface area (Å²) >= 11 is 0. The van der Waals surface area contributed by atoms with Crippen molar-refractivity contribution in [2.24, 2.45) is 11.7 Å². The average Bonchev–Trinajstić information content (AvgIpc) is 2.76. The van der Waals surface area contributed by atoms with E-state index in [-0.39, 0.29) is 23.3 Å². The molecule has 5 heteroatoms. The van der Waals surface area contributed by atoms with Crippen LogP contribution in [0.3, 0.4) is 0 Å². The van der Waals surface area contributed by atoms with Gasteiger partial charge in [0.1, 0.15) is 11.6 Å². The summed E-state index contributed by atoms with van der Waals surface area (Å²) in [6, 6.07) is 1.94. The molecule has 5 nitrogen and oxygen atoms in total. The molecule has 2 rings (SSSR count). The van der Waals surface area contributed by atoms with Gasteiger partial charge in [0.25, 0.3) is 0 Å². The molecule has 0 saturated heterocycles. The number of hydrogen-bond donors (Lipinski definition) is 2. The Labute approximate surface area is 114 Å². The van der Waals surface area contributed by atoms with Gasteiger partial charge in [0.05, 0.1) is 5.92 Å². The smallest absolute Gasteiger partial charge is 0.222 e. The normalized spacial score (nSPS) is 23.3. The molecule has 1 aromatic heterocycles. The molecule has 0 aliphatic heterocycles. The van der Waals surface area contributed by atoms with Crippen molar-refractivity contribution >= 4 is 11.7 Å². The number of primary amides is 1. The molecule has 0 radical (unpaired) electrons. The molecule has 1 saturated carbocycles. The van der Waals surface area contributed by atoms with Gasteiger partial charge in [-0.25, -0.2) is 9.97 Å². The lowest BCUT2D eigenvalue weighted by atomic mass is 9.96. The number of amides is 1. The van der Waals surface area contributed by atoms with Crippen LogP contribution < -0.4 is 11.1 Å². The largest absolute Gasteiger partial charge is 0.369 e. The Kier molecular flexibility index (Phi) is 3.73. The first kappa shape index (κ1) is 13.8. The molecule has 1 amide bonds. The van der Waals surface area contributed by atoms with Crippen LogP contribution >= 0.6 is 0 Å². The zero-order valence-corrected chi connectivity index (χ0v) is 11.8. The number of nitrogens with two attached hydrogens (primary N) is 1. The highest BCUT2D eigenvalue weighted by Crippen LogP contribution is 2.28. The second kappa shape index (κ2) is 5.15. The van der Waals surface area contributed by atoms with Crippen molar-refractivity contribution < 1.29 is 4.79 Å². The third-order valence-corrected chi connectivity index (χ3v) is 3.54. The van der Waals surface area contributed by atoms with Crippen LogP contribution in [0.25, 0.3) is 0 Å². The Hall–Kier alpha value is -1.65. The highest BCUT2D eigenvalue weighted by atomic mass is 16.1. The van der Waals surface area contributed by atoms with Crippen molar-refractivity contribution in [3.05, 3.63) is 18.1 Å². The van der Waals surface area contributed by atoms with Crippen molar-refractivity contribution in [1.82, 2.24) is 9.97 Å². The molecule has 1 fully saturated rings. The van der Waals surface area contributed by atoms with E-state index in [0.717, 1.165) is 30.9 Å². The summed E-state index contributed by atoms with van der Waals surface area (Å²) < 4.78 is 0. The quantitative estimate of drug-likeness (QED) is 0.871. The van der Waals surface area contributed by atoms with E-state index in [1.165, 1.54) is 0 Å². The molecule has 1 heterocycles. The van der Waals surface area contributed by atoms with Gasteiger partial charge in [-0.1, -0.05) is 27.2 Å². The molecular formula is C14H22N4O. The van der Waals surface area contributed by atoms with Gasteiger partial charge in [0.2, 0.25) is 5.91 Å². The fourth-order valence-corrected chi connectivity index (χ4v) is 2.46. The fraction of sp³-hybridized carbons (Fsp3) is 0.643. The van der Waals surface area contributed by atoms with Gasteiger partial charge in [-0.15, -0.1) is 0 Å². The third kappa shape index (κ3) is 3.22. The molecule has 2 atom stereocenters. The zero-order valence-electron chi connectivity index (χ0n) is 11.8. The Morgan fingerprint density at radius 2 is 2.16 bits per heavy atom. The van der Waals surface area contributed by atoms with Crippen LogP contribution in [-0.4, -0.2) is 21.9 Å². The van der Waals surface area contributed by atoms with Crippen molar-refractivity contribution in [1.29, 1.82) is 0 Å². The number of anilines is 1. The minimum absolute atomic E-state index is 0.0869. The second-order valence-corrected chi connectivity index (χ2v) is 6.21. The summed E-state index contributed by atoms with van der Waals surface area (Å²) in [7, 11) is 0. The van der Waals surface area contributed by atoms with Crippen LogP contribution in [0.4, 0.5) is 5.82 Å². The Morgan fingerprint density at radius 3 is 2.79 bits per heavy atom. The SMILES string of the molecule is CC(C)(C)c1nccc(N[C@@H]2CCC[C@@H]2C(N)=O)n1. The van der Waals surface area contributed by atoms with Crippen LogP contribution in [0.15, 0.2) is 12.3 Å². The number of rotatable bonds is 3. The Bertz CT molecular complexity index is 467. The van der Waals surface area contributed by atoms with Crippen LogP contribution in [0.5, 0.6) is 0 Å². The number of carbonyl (C=O) groups is 1. The zero-order chi connectivity index (χ0) is 14.0. The van der Waals surface area contributed by atoms with Gasteiger partial charge in [-0.3, -0.25) is 4.79 Å². The molecule has 0 bridgehead atoms. The monoisotopic (exact) mass is 262 g/mol. The summed E-state index contributed by atoms with van der Waals surface area (Å²) in [5.41, 5.74) is 5.34. The molecule has 0 spiro atoms. The summed E-state index contributed by atoms with van der Waals surface area (Å²) in [6.45, 7) is 6.23. The van der Waals surface area contributed by atoms with E-state index < -0.39 is 0 Å². The van der Waals surface area contributed by atoms with E-state index in [1.54, 1.807) is 6.20 Å². The van der Waals surface area contributed by atoms with Crippen molar-refractivity contribution in [2.75, 3.05) is 5.32 Å². The maximum atomic E-state index is 11.4. The molecule has 19 heavy (non-hydrogen) atoms. The molecule has 1 aromatic rings. The van der Waals surface area contributed by atoms with Crippen molar-refractivity contribution in [3.63, 3.8) is 0 Å². The lowest BCUT2D eigenvalue weighted by Gasteiger charge is -2.21. The van der Waals surface area contributed by atoms with Gasteiger partial charge in [-0.05, 0) is 18.9 Å². The van der Waals surface area contributed by atoms with Gasteiger partial charge in [-0.2, -0.15) is 0 Å². The molecule has 1 aliphatic rings. The van der Waals surface area contributed by atoms with Crippen LogP contribution in [0, 0.1) is 5.92 Å². The first-order valence-electron chi connectivity index (χ1n) is 6.77. The third-order valence-electron chi connectivity index (χ3n) is 3.54. The van der Waals surface area contributed by atoms with Crippen molar-refractivity contribution in [3.8, 4) is 0 Å². The highest BCUT2D eigenvalue weighted by molar-refractivity contribution is 5.78. The number of nitrogens with zero attached hydrogens (tertiary/aromatic N) is 2. The van der Waals surface area contributed by atoms with Crippen LogP contribution in [0.1, 0.15) is 45.9 Å². The second-order valence-electron chi connectivity index (χ2n) is 6.21. The standard InChI is InChI=1S/C14H22N4O/c1-14(2,3)13-16-8-7-11(18-13)17-10-6-4-5-9(10)12(15)19/h7-10H,4-6H2,1-3H3,(H2,15,19)(H,16,17,18)/t9-,10+/m0/s1. The first-order valence-corrected chi connectivity index (χ1v) is 6.77. The number of hydrogen-bond acceptors (Lipinski definition) is 4. The van der Waals surface area contributed by atoms with Gasteiger partial charge >= 0.3 is 0 Å². The molecule has 0 aromatic carbocycles. The lowest BCUT2D eigenvalue weighted by Crippen LogP contribution is -2.34. The van der Waals surface area contributed by atoms with Gasteiger partial charge < -0.3 is 11.1 Å². The minimum atomic E-state index is -0.222. The van der Waals surface area contributed by atoms with Crippen molar-refractivity contribution in [2.45, 2.75) is 51.5 Å². The maximum Gasteiger partial charge on any atom is 0.222 e. The van der Waals surface area contributed by atoms with E-state index in [1.807, 2.05) is 6.07 Å².